The first-order valence-corrected chi connectivity index (χ1v) is 13.3. The Labute approximate surface area is 218 Å². The maximum Gasteiger partial charge on any atom is 0.143 e. The molecule has 0 bridgehead atoms. The maximum atomic E-state index is 6.51. The molecule has 1 heterocycles. The van der Waals surface area contributed by atoms with Crippen molar-refractivity contribution in [3.63, 3.8) is 0 Å². The molecule has 7 rings (SSSR count). The summed E-state index contributed by atoms with van der Waals surface area (Å²) in [5.41, 5.74) is 7.16. The molecule has 0 aliphatic rings. The van der Waals surface area contributed by atoms with Crippen molar-refractivity contribution < 1.29 is 4.42 Å². The Morgan fingerprint density at radius 3 is 1.89 bits per heavy atom. The first-order valence-electron chi connectivity index (χ1n) is 13.3. The highest BCUT2D eigenvalue weighted by Crippen LogP contribution is 2.46. The summed E-state index contributed by atoms with van der Waals surface area (Å²) in [4.78, 5) is 0. The summed E-state index contributed by atoms with van der Waals surface area (Å²) in [5, 5.41) is 10.4. The van der Waals surface area contributed by atoms with Crippen LogP contribution in [-0.2, 0) is 10.8 Å². The zero-order valence-corrected chi connectivity index (χ0v) is 22.5. The third-order valence-corrected chi connectivity index (χ3v) is 8.08. The van der Waals surface area contributed by atoms with E-state index < -0.39 is 0 Å². The van der Waals surface area contributed by atoms with E-state index in [1.54, 1.807) is 0 Å². The lowest BCUT2D eigenvalue weighted by atomic mass is 9.77. The second-order valence-corrected chi connectivity index (χ2v) is 12.7. The van der Waals surface area contributed by atoms with E-state index in [1.807, 2.05) is 6.07 Å². The van der Waals surface area contributed by atoms with Crippen molar-refractivity contribution in [2.45, 2.75) is 52.4 Å². The Hall–Kier alpha value is -3.84. The molecule has 1 heteroatoms. The van der Waals surface area contributed by atoms with Crippen LogP contribution in [0.5, 0.6) is 0 Å². The van der Waals surface area contributed by atoms with Gasteiger partial charge in [-0.3, -0.25) is 0 Å². The van der Waals surface area contributed by atoms with Gasteiger partial charge in [0.25, 0.3) is 0 Å². The van der Waals surface area contributed by atoms with Gasteiger partial charge in [0.05, 0.1) is 0 Å². The van der Waals surface area contributed by atoms with Gasteiger partial charge in [0.1, 0.15) is 11.2 Å². The molecule has 0 saturated heterocycles. The third kappa shape index (κ3) is 3.23. The SMILES string of the molecule is CC(C)(C)c1cc2ccc3c(-c4cccc5c4oc4ccccc45)cc(C(C)(C)C)c4ccc(c1)c2c34. The number of benzene rings is 6. The number of hydrogen-bond donors (Lipinski definition) is 0. The lowest BCUT2D eigenvalue weighted by molar-refractivity contribution is 0.591. The van der Waals surface area contributed by atoms with Crippen molar-refractivity contribution in [2.24, 2.45) is 0 Å². The fraction of sp³-hybridized carbons (Fsp3) is 0.222. The van der Waals surface area contributed by atoms with Crippen molar-refractivity contribution in [2.75, 3.05) is 0 Å². The molecule has 1 nitrogen and oxygen atoms in total. The third-order valence-electron chi connectivity index (χ3n) is 8.08. The van der Waals surface area contributed by atoms with Crippen LogP contribution in [0, 0.1) is 0 Å². The summed E-state index contributed by atoms with van der Waals surface area (Å²) < 4.78 is 6.51. The van der Waals surface area contributed by atoms with Gasteiger partial charge < -0.3 is 4.42 Å². The summed E-state index contributed by atoms with van der Waals surface area (Å²) in [6.07, 6.45) is 0. The minimum absolute atomic E-state index is 0.00456. The molecular formula is C36H32O. The van der Waals surface area contributed by atoms with Gasteiger partial charge in [-0.25, -0.2) is 0 Å². The molecule has 0 N–H and O–H groups in total. The molecule has 0 aliphatic carbocycles. The average molecular weight is 481 g/mol. The molecule has 0 unspecified atom stereocenters. The number of hydrogen-bond acceptors (Lipinski definition) is 1. The monoisotopic (exact) mass is 480 g/mol. The molecule has 6 aromatic carbocycles. The van der Waals surface area contributed by atoms with E-state index in [0.717, 1.165) is 16.7 Å². The molecule has 0 saturated carbocycles. The molecule has 0 radical (unpaired) electrons. The summed E-state index contributed by atoms with van der Waals surface area (Å²) in [5.74, 6) is 0. The van der Waals surface area contributed by atoms with E-state index >= 15 is 0 Å². The minimum atomic E-state index is -0.00456. The Morgan fingerprint density at radius 1 is 0.514 bits per heavy atom. The standard InChI is InChI=1S/C36H32O/c1-35(2,3)23-18-21-14-16-25-29(27-12-9-11-26-24-10-7-8-13-31(24)37-34(26)27)20-30(36(4,5)6)28-17-15-22(19-23)32(21)33(25)28/h7-20H,1-6H3. The number of furan rings is 1. The van der Waals surface area contributed by atoms with Gasteiger partial charge in [0, 0.05) is 16.3 Å². The topological polar surface area (TPSA) is 13.1 Å². The lowest BCUT2D eigenvalue weighted by Crippen LogP contribution is -2.13. The van der Waals surface area contributed by atoms with Gasteiger partial charge in [-0.1, -0.05) is 114 Å². The molecule has 1 aromatic heterocycles. The van der Waals surface area contributed by atoms with Gasteiger partial charge in [-0.15, -0.1) is 0 Å². The Morgan fingerprint density at radius 2 is 1.19 bits per heavy atom. The van der Waals surface area contributed by atoms with E-state index in [2.05, 4.69) is 120 Å². The molecule has 0 atom stereocenters. The van der Waals surface area contributed by atoms with Crippen LogP contribution in [0.4, 0.5) is 0 Å². The first-order chi connectivity index (χ1) is 17.6. The number of fused-ring (bicyclic) bond motifs is 3. The molecule has 0 fully saturated rings. The Kier molecular flexibility index (Phi) is 4.45. The highest BCUT2D eigenvalue weighted by atomic mass is 16.3. The van der Waals surface area contributed by atoms with Crippen molar-refractivity contribution in [1.82, 2.24) is 0 Å². The normalized spacial score (nSPS) is 13.1. The predicted molar refractivity (Wildman–Crippen MR) is 160 cm³/mol. The smallest absolute Gasteiger partial charge is 0.143 e. The van der Waals surface area contributed by atoms with Gasteiger partial charge in [-0.05, 0) is 72.0 Å². The molecular weight excluding hydrogens is 448 g/mol. The van der Waals surface area contributed by atoms with E-state index in [9.17, 15) is 0 Å². The van der Waals surface area contributed by atoms with Crippen LogP contribution in [0.15, 0.2) is 89.3 Å². The highest BCUT2D eigenvalue weighted by Gasteiger charge is 2.24. The second-order valence-electron chi connectivity index (χ2n) is 12.7. The van der Waals surface area contributed by atoms with Crippen LogP contribution in [0.2, 0.25) is 0 Å². The molecule has 0 amide bonds. The lowest BCUT2D eigenvalue weighted by Gasteiger charge is -2.26. The van der Waals surface area contributed by atoms with Gasteiger partial charge in [-0.2, -0.15) is 0 Å². The van der Waals surface area contributed by atoms with Gasteiger partial charge in [0.2, 0.25) is 0 Å². The van der Waals surface area contributed by atoms with Crippen LogP contribution in [-0.4, -0.2) is 0 Å². The zero-order chi connectivity index (χ0) is 25.7. The van der Waals surface area contributed by atoms with E-state index in [1.165, 1.54) is 59.8 Å². The maximum absolute atomic E-state index is 6.51. The highest BCUT2D eigenvalue weighted by molar-refractivity contribution is 6.27. The molecule has 0 aliphatic heterocycles. The first kappa shape index (κ1) is 22.4. The molecule has 7 aromatic rings. The van der Waals surface area contributed by atoms with Gasteiger partial charge in [0.15, 0.2) is 0 Å². The summed E-state index contributed by atoms with van der Waals surface area (Å²) in [6.45, 7) is 13.9. The molecule has 37 heavy (non-hydrogen) atoms. The summed E-state index contributed by atoms with van der Waals surface area (Å²) in [6, 6.07) is 31.5. The number of rotatable bonds is 1. The quantitative estimate of drug-likeness (QED) is 0.213. The zero-order valence-electron chi connectivity index (χ0n) is 22.5. The predicted octanol–water partition coefficient (Wildman–Crippen LogP) is 10.7. The van der Waals surface area contributed by atoms with Crippen molar-refractivity contribution in [1.29, 1.82) is 0 Å². The average Bonchev–Trinajstić information content (AvgIpc) is 3.24. The van der Waals surface area contributed by atoms with Crippen molar-refractivity contribution in [3.8, 4) is 11.1 Å². The summed E-state index contributed by atoms with van der Waals surface area (Å²) in [7, 11) is 0. The minimum Gasteiger partial charge on any atom is -0.455 e. The van der Waals surface area contributed by atoms with Crippen molar-refractivity contribution in [3.05, 3.63) is 96.1 Å². The van der Waals surface area contributed by atoms with Crippen LogP contribution in [0.3, 0.4) is 0 Å². The second kappa shape index (κ2) is 7.35. The van der Waals surface area contributed by atoms with Crippen LogP contribution < -0.4 is 0 Å². The van der Waals surface area contributed by atoms with Crippen molar-refractivity contribution >= 4 is 54.3 Å². The molecule has 0 spiro atoms. The van der Waals surface area contributed by atoms with Crippen LogP contribution in [0.25, 0.3) is 65.4 Å². The van der Waals surface area contributed by atoms with E-state index in [4.69, 9.17) is 4.42 Å². The van der Waals surface area contributed by atoms with Crippen LogP contribution >= 0.6 is 0 Å². The van der Waals surface area contributed by atoms with E-state index in [-0.39, 0.29) is 10.8 Å². The summed E-state index contributed by atoms with van der Waals surface area (Å²) >= 11 is 0. The van der Waals surface area contributed by atoms with Gasteiger partial charge >= 0.3 is 0 Å². The fourth-order valence-electron chi connectivity index (χ4n) is 6.15. The Balaban J connectivity index is 1.66. The largest absolute Gasteiger partial charge is 0.455 e. The fourth-order valence-corrected chi connectivity index (χ4v) is 6.15. The number of para-hydroxylation sites is 2. The Bertz CT molecular complexity index is 1970. The molecule has 182 valence electrons. The van der Waals surface area contributed by atoms with E-state index in [0.29, 0.717) is 0 Å². The van der Waals surface area contributed by atoms with Crippen LogP contribution in [0.1, 0.15) is 52.7 Å².